The van der Waals surface area contributed by atoms with Gasteiger partial charge in [-0.1, -0.05) is 6.58 Å². The molecule has 0 rings (SSSR count). The van der Waals surface area contributed by atoms with E-state index in [0.717, 1.165) is 0 Å². The van der Waals surface area contributed by atoms with Crippen molar-refractivity contribution in [2.24, 2.45) is 0 Å². The Morgan fingerprint density at radius 2 is 0.824 bits per heavy atom. The molecule has 0 radical (unpaired) electrons. The molecule has 0 aromatic carbocycles. The molecule has 0 saturated carbocycles. The van der Waals surface area contributed by atoms with Gasteiger partial charge in [0.2, 0.25) is 0 Å². The van der Waals surface area contributed by atoms with E-state index in [1.165, 1.54) is 0 Å². The Labute approximate surface area is 173 Å². The average Bonchev–Trinajstić information content (AvgIpc) is 2.56. The smallest absolute Gasteiger partial charge is 0.413 e. The Morgan fingerprint density at radius 3 is 1.06 bits per heavy atom. The van der Waals surface area contributed by atoms with Crippen LogP contribution in [0.5, 0.6) is 0 Å². The van der Waals surface area contributed by atoms with Gasteiger partial charge in [0, 0.05) is 5.57 Å². The van der Waals surface area contributed by atoms with Crippen molar-refractivity contribution in [1.29, 1.82) is 0 Å². The van der Waals surface area contributed by atoms with E-state index in [2.05, 4.69) is 11.3 Å². The third-order valence-corrected chi connectivity index (χ3v) is 3.75. The quantitative estimate of drug-likeness (QED) is 0.199. The van der Waals surface area contributed by atoms with E-state index < -0.39 is 65.3 Å². The van der Waals surface area contributed by atoms with Crippen LogP contribution in [0.3, 0.4) is 0 Å². The fourth-order valence-corrected chi connectivity index (χ4v) is 1.86. The maximum Gasteiger partial charge on any atom is 0.460 e. The SMILES string of the molecule is C=C(C)C(=O)OC(F)(C(F)(F)C(F)(F)C(F)(F)F)C(F)(F)C(F)(F)C(F)(C(F)(F)F)C(F)(F)F. The summed E-state index contributed by atoms with van der Waals surface area (Å²) in [6.07, 6.45) is -24.6. The van der Waals surface area contributed by atoms with Gasteiger partial charge >= 0.3 is 59.7 Å². The molecule has 34 heavy (non-hydrogen) atoms. The first-order chi connectivity index (χ1) is 14.3. The first kappa shape index (κ1) is 31.9. The largest absolute Gasteiger partial charge is 0.460 e. The van der Waals surface area contributed by atoms with E-state index in [-0.39, 0.29) is 6.92 Å². The van der Waals surface area contributed by atoms with Crippen molar-refractivity contribution in [3.63, 3.8) is 0 Å². The first-order valence-electron chi connectivity index (χ1n) is 7.31. The maximum absolute atomic E-state index is 14.4. The van der Waals surface area contributed by atoms with Crippen molar-refractivity contribution >= 4 is 5.97 Å². The second kappa shape index (κ2) is 7.95. The monoisotopic (exact) mass is 554 g/mol. The van der Waals surface area contributed by atoms with Gasteiger partial charge in [-0.15, -0.1) is 0 Å². The Balaban J connectivity index is 7.69. The molecule has 0 aliphatic heterocycles. The van der Waals surface area contributed by atoms with Crippen molar-refractivity contribution in [3.05, 3.63) is 12.2 Å². The Kier molecular flexibility index (Phi) is 7.46. The minimum atomic E-state index is -9.04. The number of rotatable bonds is 7. The number of carbonyl (C=O) groups excluding carboxylic acids is 1. The lowest BCUT2D eigenvalue weighted by atomic mass is 9.83. The van der Waals surface area contributed by atoms with Crippen LogP contribution in [0.15, 0.2) is 12.2 Å². The van der Waals surface area contributed by atoms with Gasteiger partial charge in [-0.2, -0.15) is 79.0 Å². The van der Waals surface area contributed by atoms with Crippen LogP contribution in [0.2, 0.25) is 0 Å². The van der Waals surface area contributed by atoms with Crippen LogP contribution in [0, 0.1) is 0 Å². The molecular formula is C13H5F19O2. The number of halogens is 19. The second-order valence-corrected chi connectivity index (χ2v) is 6.21. The van der Waals surface area contributed by atoms with Gasteiger partial charge in [-0.3, -0.25) is 0 Å². The molecule has 0 aromatic heterocycles. The average molecular weight is 554 g/mol. The van der Waals surface area contributed by atoms with E-state index in [1.54, 1.807) is 0 Å². The molecule has 0 heterocycles. The zero-order valence-electron chi connectivity index (χ0n) is 15.2. The van der Waals surface area contributed by atoms with E-state index in [4.69, 9.17) is 0 Å². The number of esters is 1. The molecule has 0 aromatic rings. The molecule has 0 saturated heterocycles. The predicted octanol–water partition coefficient (Wildman–Crippen LogP) is 6.71. The molecule has 0 N–H and O–H groups in total. The summed E-state index contributed by atoms with van der Waals surface area (Å²) in [5.41, 5.74) is -10.6. The molecule has 0 aliphatic carbocycles. The molecular weight excluding hydrogens is 549 g/mol. The Morgan fingerprint density at radius 1 is 0.529 bits per heavy atom. The minimum Gasteiger partial charge on any atom is -0.413 e. The molecule has 0 bridgehead atoms. The fraction of sp³-hybridized carbons (Fsp3) is 0.769. The van der Waals surface area contributed by atoms with Gasteiger partial charge in [0.05, 0.1) is 0 Å². The lowest BCUT2D eigenvalue weighted by Gasteiger charge is -2.46. The first-order valence-corrected chi connectivity index (χ1v) is 7.31. The number of hydrogen-bond donors (Lipinski definition) is 0. The molecule has 0 aliphatic rings. The topological polar surface area (TPSA) is 26.3 Å². The summed E-state index contributed by atoms with van der Waals surface area (Å²) >= 11 is 0. The van der Waals surface area contributed by atoms with Crippen LogP contribution < -0.4 is 0 Å². The summed E-state index contributed by atoms with van der Waals surface area (Å²) < 4.78 is 251. The zero-order chi connectivity index (χ0) is 28.4. The highest BCUT2D eigenvalue weighted by molar-refractivity contribution is 5.87. The summed E-state index contributed by atoms with van der Waals surface area (Å²) in [5, 5.41) is 0. The van der Waals surface area contributed by atoms with Gasteiger partial charge < -0.3 is 4.74 Å². The summed E-state index contributed by atoms with van der Waals surface area (Å²) in [6.45, 7) is 2.30. The molecule has 1 atom stereocenters. The number of ether oxygens (including phenoxy) is 1. The summed E-state index contributed by atoms with van der Waals surface area (Å²) in [7, 11) is 0. The van der Waals surface area contributed by atoms with Crippen LogP contribution in [0.1, 0.15) is 6.92 Å². The van der Waals surface area contributed by atoms with Gasteiger partial charge in [0.25, 0.3) is 0 Å². The van der Waals surface area contributed by atoms with Crippen LogP contribution >= 0.6 is 0 Å². The van der Waals surface area contributed by atoms with Gasteiger partial charge in [-0.05, 0) is 6.92 Å². The standard InChI is InChI=1S/C13H5F19O2/c1-3(2)4(33)34-10(23,8(19,20)9(21,22)13(30,31)32)7(17,18)6(15,16)5(14,11(24,25)26)12(27,28)29/h1H2,2H3. The van der Waals surface area contributed by atoms with E-state index in [1.807, 2.05) is 0 Å². The maximum atomic E-state index is 14.4. The van der Waals surface area contributed by atoms with Crippen LogP contribution in [-0.2, 0) is 9.53 Å². The lowest BCUT2D eigenvalue weighted by molar-refractivity contribution is -0.487. The fourth-order valence-electron chi connectivity index (χ4n) is 1.86. The highest BCUT2D eigenvalue weighted by Crippen LogP contribution is 2.66. The summed E-state index contributed by atoms with van der Waals surface area (Å²) in [4.78, 5) is 11.1. The van der Waals surface area contributed by atoms with Gasteiger partial charge in [-0.25, -0.2) is 9.18 Å². The Bertz CT molecular complexity index is 786. The minimum absolute atomic E-state index is 0.0595. The lowest BCUT2D eigenvalue weighted by Crippen LogP contribution is -2.79. The van der Waals surface area contributed by atoms with Crippen molar-refractivity contribution in [2.45, 2.75) is 60.7 Å². The molecule has 0 spiro atoms. The number of alkyl halides is 19. The molecule has 1 unspecified atom stereocenters. The molecule has 0 fully saturated rings. The van der Waals surface area contributed by atoms with Crippen LogP contribution in [0.25, 0.3) is 0 Å². The predicted molar refractivity (Wildman–Crippen MR) is 66.5 cm³/mol. The third-order valence-electron chi connectivity index (χ3n) is 3.75. The van der Waals surface area contributed by atoms with Crippen LogP contribution in [0.4, 0.5) is 83.4 Å². The molecule has 202 valence electrons. The third kappa shape index (κ3) is 4.01. The van der Waals surface area contributed by atoms with Gasteiger partial charge in [0.15, 0.2) is 0 Å². The molecule has 2 nitrogen and oxygen atoms in total. The van der Waals surface area contributed by atoms with Crippen LogP contribution in [-0.4, -0.2) is 59.7 Å². The summed E-state index contributed by atoms with van der Waals surface area (Å²) in [5.74, 6) is -46.8. The van der Waals surface area contributed by atoms with E-state index in [9.17, 15) is 88.2 Å². The molecule has 21 heteroatoms. The Hall–Kier alpha value is -2.12. The van der Waals surface area contributed by atoms with Crippen molar-refractivity contribution in [3.8, 4) is 0 Å². The number of hydrogen-bond acceptors (Lipinski definition) is 2. The highest BCUT2D eigenvalue weighted by atomic mass is 19.4. The van der Waals surface area contributed by atoms with Crippen molar-refractivity contribution in [2.75, 3.05) is 0 Å². The second-order valence-electron chi connectivity index (χ2n) is 6.21. The van der Waals surface area contributed by atoms with E-state index in [0.29, 0.717) is 0 Å². The van der Waals surface area contributed by atoms with Crippen molar-refractivity contribution < 1.29 is 92.9 Å². The normalized spacial score (nSPS) is 17.3. The highest BCUT2D eigenvalue weighted by Gasteiger charge is 2.99. The van der Waals surface area contributed by atoms with E-state index >= 15 is 0 Å². The summed E-state index contributed by atoms with van der Waals surface area (Å²) in [6, 6.07) is 0. The molecule has 0 amide bonds. The van der Waals surface area contributed by atoms with Crippen molar-refractivity contribution in [1.82, 2.24) is 0 Å². The zero-order valence-corrected chi connectivity index (χ0v) is 15.2. The number of carbonyl (C=O) groups is 1. The van der Waals surface area contributed by atoms with Gasteiger partial charge in [0.1, 0.15) is 0 Å².